The second kappa shape index (κ2) is 7.54. The highest BCUT2D eigenvalue weighted by molar-refractivity contribution is 5.95. The Balaban J connectivity index is 2.45. The molecule has 0 unspecified atom stereocenters. The van der Waals surface area contributed by atoms with E-state index in [-0.39, 0.29) is 18.4 Å². The number of anilines is 1. The van der Waals surface area contributed by atoms with E-state index in [9.17, 15) is 9.59 Å². The fraction of sp³-hybridized carbons (Fsp3) is 0.538. The molecule has 0 aliphatic rings. The minimum absolute atomic E-state index is 0.0108. The number of ether oxygens (including phenoxy) is 1. The van der Waals surface area contributed by atoms with Crippen LogP contribution in [0.3, 0.4) is 0 Å². The quantitative estimate of drug-likeness (QED) is 0.680. The zero-order valence-electron chi connectivity index (χ0n) is 12.2. The topological polar surface area (TPSA) is 89.6 Å². The Kier molecular flexibility index (Phi) is 6.05. The summed E-state index contributed by atoms with van der Waals surface area (Å²) in [5.41, 5.74) is 6.61. The Morgan fingerprint density at radius 3 is 2.75 bits per heavy atom. The van der Waals surface area contributed by atoms with E-state index in [2.05, 4.69) is 5.32 Å². The number of nitrogen functional groups attached to an aromatic ring is 1. The van der Waals surface area contributed by atoms with E-state index >= 15 is 0 Å². The minimum Gasteiger partial charge on any atom is -0.397 e. The summed E-state index contributed by atoms with van der Waals surface area (Å²) in [6.07, 6.45) is 2.40. The maximum atomic E-state index is 12.1. The molecule has 0 atom stereocenters. The fourth-order valence-corrected chi connectivity index (χ4v) is 1.79. The van der Waals surface area contributed by atoms with Gasteiger partial charge in [-0.1, -0.05) is 0 Å². The standard InChI is InChI=1S/C13H22N4O3/c1-16-8-10(14)7-11(16)13(19)17(2)9-12(18)15-5-4-6-20-3/h7-8H,4-6,9,14H2,1-3H3,(H,15,18). The summed E-state index contributed by atoms with van der Waals surface area (Å²) in [5, 5.41) is 2.73. The van der Waals surface area contributed by atoms with Gasteiger partial charge in [-0.25, -0.2) is 0 Å². The lowest BCUT2D eigenvalue weighted by atomic mass is 10.3. The molecule has 0 fully saturated rings. The third-order valence-corrected chi connectivity index (χ3v) is 2.82. The van der Waals surface area contributed by atoms with Gasteiger partial charge in [-0.2, -0.15) is 0 Å². The number of carbonyl (C=O) groups excluding carboxylic acids is 2. The number of nitrogens with zero attached hydrogens (tertiary/aromatic N) is 2. The molecule has 0 spiro atoms. The summed E-state index contributed by atoms with van der Waals surface area (Å²) in [5.74, 6) is -0.435. The Bertz CT molecular complexity index is 470. The lowest BCUT2D eigenvalue weighted by molar-refractivity contribution is -0.121. The molecule has 0 bridgehead atoms. The van der Waals surface area contributed by atoms with Crippen LogP contribution in [0.5, 0.6) is 0 Å². The van der Waals surface area contributed by atoms with Crippen molar-refractivity contribution in [2.75, 3.05) is 39.6 Å². The van der Waals surface area contributed by atoms with Gasteiger partial charge in [0.25, 0.3) is 5.91 Å². The summed E-state index contributed by atoms with van der Waals surface area (Å²) < 4.78 is 6.53. The molecule has 1 aromatic heterocycles. The van der Waals surface area contributed by atoms with Crippen molar-refractivity contribution in [1.82, 2.24) is 14.8 Å². The number of hydrogen-bond donors (Lipinski definition) is 2. The largest absolute Gasteiger partial charge is 0.397 e. The number of methoxy groups -OCH3 is 1. The van der Waals surface area contributed by atoms with Crippen molar-refractivity contribution in [3.05, 3.63) is 18.0 Å². The molecule has 1 heterocycles. The molecular formula is C13H22N4O3. The van der Waals surface area contributed by atoms with Crippen LogP contribution in [0.2, 0.25) is 0 Å². The van der Waals surface area contributed by atoms with Gasteiger partial charge in [0, 0.05) is 40.6 Å². The molecule has 112 valence electrons. The highest BCUT2D eigenvalue weighted by Crippen LogP contribution is 2.10. The van der Waals surface area contributed by atoms with Crippen LogP contribution in [0.15, 0.2) is 12.3 Å². The van der Waals surface area contributed by atoms with E-state index in [1.807, 2.05) is 0 Å². The van der Waals surface area contributed by atoms with Crippen LogP contribution in [0.25, 0.3) is 0 Å². The summed E-state index contributed by atoms with van der Waals surface area (Å²) in [6, 6.07) is 1.59. The van der Waals surface area contributed by atoms with Crippen LogP contribution < -0.4 is 11.1 Å². The van der Waals surface area contributed by atoms with Gasteiger partial charge in [-0.3, -0.25) is 9.59 Å². The van der Waals surface area contributed by atoms with Crippen LogP contribution in [0, 0.1) is 0 Å². The van der Waals surface area contributed by atoms with E-state index in [1.54, 1.807) is 38.0 Å². The summed E-state index contributed by atoms with van der Waals surface area (Å²) in [4.78, 5) is 25.2. The Labute approximate surface area is 118 Å². The highest BCUT2D eigenvalue weighted by Gasteiger charge is 2.17. The molecule has 0 saturated carbocycles. The molecule has 1 rings (SSSR count). The molecule has 2 amide bonds. The van der Waals surface area contributed by atoms with E-state index in [4.69, 9.17) is 10.5 Å². The number of nitrogens with two attached hydrogens (primary N) is 1. The minimum atomic E-state index is -0.240. The van der Waals surface area contributed by atoms with Crippen molar-refractivity contribution >= 4 is 17.5 Å². The van der Waals surface area contributed by atoms with Gasteiger partial charge in [0.15, 0.2) is 0 Å². The van der Waals surface area contributed by atoms with Gasteiger partial charge in [0.05, 0.1) is 12.2 Å². The molecule has 7 heteroatoms. The molecule has 20 heavy (non-hydrogen) atoms. The van der Waals surface area contributed by atoms with Crippen LogP contribution in [-0.4, -0.2) is 55.1 Å². The molecule has 0 aliphatic carbocycles. The van der Waals surface area contributed by atoms with E-state index in [0.29, 0.717) is 24.5 Å². The normalized spacial score (nSPS) is 10.3. The van der Waals surface area contributed by atoms with Gasteiger partial charge in [0.2, 0.25) is 5.91 Å². The summed E-state index contributed by atoms with van der Waals surface area (Å²) in [7, 11) is 4.93. The van der Waals surface area contributed by atoms with Gasteiger partial charge in [-0.15, -0.1) is 0 Å². The highest BCUT2D eigenvalue weighted by atomic mass is 16.5. The van der Waals surface area contributed by atoms with Gasteiger partial charge < -0.3 is 25.3 Å². The number of likely N-dealkylation sites (N-methyl/N-ethyl adjacent to an activating group) is 1. The average molecular weight is 282 g/mol. The summed E-state index contributed by atoms with van der Waals surface area (Å²) >= 11 is 0. The average Bonchev–Trinajstić information content (AvgIpc) is 2.72. The first-order chi connectivity index (χ1) is 9.45. The molecule has 3 N–H and O–H groups in total. The van der Waals surface area contributed by atoms with E-state index in [1.165, 1.54) is 4.90 Å². The number of rotatable bonds is 7. The third-order valence-electron chi connectivity index (χ3n) is 2.82. The first kappa shape index (κ1) is 16.0. The third kappa shape index (κ3) is 4.58. The molecule has 0 radical (unpaired) electrons. The van der Waals surface area contributed by atoms with Crippen molar-refractivity contribution < 1.29 is 14.3 Å². The van der Waals surface area contributed by atoms with E-state index in [0.717, 1.165) is 6.42 Å². The van der Waals surface area contributed by atoms with Gasteiger partial charge >= 0.3 is 0 Å². The first-order valence-corrected chi connectivity index (χ1v) is 6.38. The van der Waals surface area contributed by atoms with Crippen molar-refractivity contribution in [2.24, 2.45) is 7.05 Å². The second-order valence-corrected chi connectivity index (χ2v) is 4.63. The fourth-order valence-electron chi connectivity index (χ4n) is 1.79. The number of carbonyl (C=O) groups is 2. The van der Waals surface area contributed by atoms with Crippen LogP contribution in [-0.2, 0) is 16.6 Å². The number of aromatic nitrogens is 1. The summed E-state index contributed by atoms with van der Waals surface area (Å²) in [6.45, 7) is 1.14. The Hall–Kier alpha value is -2.02. The Morgan fingerprint density at radius 2 is 2.20 bits per heavy atom. The molecular weight excluding hydrogens is 260 g/mol. The lowest BCUT2D eigenvalue weighted by Gasteiger charge is -2.17. The second-order valence-electron chi connectivity index (χ2n) is 4.63. The number of hydrogen-bond acceptors (Lipinski definition) is 4. The smallest absolute Gasteiger partial charge is 0.270 e. The Morgan fingerprint density at radius 1 is 1.50 bits per heavy atom. The van der Waals surface area contributed by atoms with Gasteiger partial charge in [0.1, 0.15) is 5.69 Å². The SMILES string of the molecule is COCCCNC(=O)CN(C)C(=O)c1cc(N)cn1C. The predicted octanol–water partition coefficient (Wildman–Crippen LogP) is -0.168. The number of aryl methyl sites for hydroxylation is 1. The molecule has 7 nitrogen and oxygen atoms in total. The molecule has 0 saturated heterocycles. The zero-order valence-corrected chi connectivity index (χ0v) is 12.2. The molecule has 0 aromatic carbocycles. The van der Waals surface area contributed by atoms with Crippen molar-refractivity contribution in [3.8, 4) is 0 Å². The first-order valence-electron chi connectivity index (χ1n) is 6.38. The predicted molar refractivity (Wildman–Crippen MR) is 76.3 cm³/mol. The maximum absolute atomic E-state index is 12.1. The number of amides is 2. The van der Waals surface area contributed by atoms with Crippen LogP contribution in [0.4, 0.5) is 5.69 Å². The zero-order chi connectivity index (χ0) is 15.1. The van der Waals surface area contributed by atoms with Crippen molar-refractivity contribution in [1.29, 1.82) is 0 Å². The number of nitrogens with one attached hydrogen (secondary N) is 1. The van der Waals surface area contributed by atoms with Gasteiger partial charge in [-0.05, 0) is 12.5 Å². The molecule has 0 aliphatic heterocycles. The molecule has 1 aromatic rings. The van der Waals surface area contributed by atoms with Crippen LogP contribution >= 0.6 is 0 Å². The van der Waals surface area contributed by atoms with Crippen LogP contribution in [0.1, 0.15) is 16.9 Å². The monoisotopic (exact) mass is 282 g/mol. The van der Waals surface area contributed by atoms with E-state index < -0.39 is 0 Å². The van der Waals surface area contributed by atoms with Crippen molar-refractivity contribution in [3.63, 3.8) is 0 Å². The van der Waals surface area contributed by atoms with Crippen molar-refractivity contribution in [2.45, 2.75) is 6.42 Å². The maximum Gasteiger partial charge on any atom is 0.270 e. The lowest BCUT2D eigenvalue weighted by Crippen LogP contribution is -2.39.